The maximum atomic E-state index is 12.9. The summed E-state index contributed by atoms with van der Waals surface area (Å²) in [6.45, 7) is 4.82. The number of fused-ring (bicyclic) bond motifs is 1. The fourth-order valence-corrected chi connectivity index (χ4v) is 5.75. The molecule has 0 spiro atoms. The predicted octanol–water partition coefficient (Wildman–Crippen LogP) is 4.38. The van der Waals surface area contributed by atoms with Crippen molar-refractivity contribution in [1.29, 1.82) is 0 Å². The standard InChI is InChI=1S/C22H27N3O5S2/c1-5-11-25(12-6-2)32(27,28)16-9-7-15(8-10-16)21(26)24-22-23-17-13-18(29-3)19(30-4)14-20(17)31-22/h7-10,13-14H,5-6,11-12H2,1-4H3,(H,23,24,26). The van der Waals surface area contributed by atoms with Crippen molar-refractivity contribution in [1.82, 2.24) is 9.29 Å². The van der Waals surface area contributed by atoms with Gasteiger partial charge < -0.3 is 9.47 Å². The second kappa shape index (κ2) is 10.3. The molecular weight excluding hydrogens is 450 g/mol. The van der Waals surface area contributed by atoms with Gasteiger partial charge in [-0.3, -0.25) is 10.1 Å². The lowest BCUT2D eigenvalue weighted by Crippen LogP contribution is -2.32. The smallest absolute Gasteiger partial charge is 0.257 e. The van der Waals surface area contributed by atoms with E-state index in [4.69, 9.17) is 9.47 Å². The Bertz CT molecular complexity index is 1140. The summed E-state index contributed by atoms with van der Waals surface area (Å²) in [5.74, 6) is 0.768. The van der Waals surface area contributed by atoms with Crippen LogP contribution in [-0.4, -0.2) is 50.9 Å². The Hall–Kier alpha value is -2.69. The highest BCUT2D eigenvalue weighted by Crippen LogP contribution is 2.36. The van der Waals surface area contributed by atoms with Gasteiger partial charge in [0.15, 0.2) is 16.6 Å². The van der Waals surface area contributed by atoms with Gasteiger partial charge in [0, 0.05) is 30.8 Å². The minimum absolute atomic E-state index is 0.176. The van der Waals surface area contributed by atoms with Gasteiger partial charge in [0.05, 0.1) is 29.3 Å². The van der Waals surface area contributed by atoms with Crippen molar-refractivity contribution >= 4 is 42.6 Å². The van der Waals surface area contributed by atoms with E-state index in [0.29, 0.717) is 40.8 Å². The lowest BCUT2D eigenvalue weighted by atomic mass is 10.2. The second-order valence-electron chi connectivity index (χ2n) is 7.08. The van der Waals surface area contributed by atoms with Crippen LogP contribution in [0.25, 0.3) is 10.2 Å². The molecule has 32 heavy (non-hydrogen) atoms. The van der Waals surface area contributed by atoms with Crippen LogP contribution in [0.4, 0.5) is 5.13 Å². The first-order valence-corrected chi connectivity index (χ1v) is 12.5. The molecule has 1 aromatic heterocycles. The molecular formula is C22H27N3O5S2. The van der Waals surface area contributed by atoms with E-state index in [1.54, 1.807) is 26.4 Å². The zero-order valence-corrected chi connectivity index (χ0v) is 20.2. The van der Waals surface area contributed by atoms with Crippen molar-refractivity contribution in [2.75, 3.05) is 32.6 Å². The fourth-order valence-electron chi connectivity index (χ4n) is 3.26. The molecule has 0 radical (unpaired) electrons. The normalized spacial score (nSPS) is 11.7. The van der Waals surface area contributed by atoms with Gasteiger partial charge in [-0.05, 0) is 37.1 Å². The molecule has 0 atom stereocenters. The van der Waals surface area contributed by atoms with Crippen LogP contribution in [0.5, 0.6) is 11.5 Å². The monoisotopic (exact) mass is 477 g/mol. The zero-order chi connectivity index (χ0) is 23.3. The molecule has 3 rings (SSSR count). The number of hydrogen-bond acceptors (Lipinski definition) is 7. The molecule has 2 aromatic carbocycles. The van der Waals surface area contributed by atoms with E-state index in [-0.39, 0.29) is 10.8 Å². The zero-order valence-electron chi connectivity index (χ0n) is 18.5. The molecule has 10 heteroatoms. The number of thiazole rings is 1. The summed E-state index contributed by atoms with van der Waals surface area (Å²) in [6, 6.07) is 9.51. The first-order chi connectivity index (χ1) is 15.3. The summed E-state index contributed by atoms with van der Waals surface area (Å²) in [5, 5.41) is 3.20. The third-order valence-electron chi connectivity index (χ3n) is 4.81. The van der Waals surface area contributed by atoms with E-state index in [1.165, 1.54) is 39.9 Å². The molecule has 0 bridgehead atoms. The van der Waals surface area contributed by atoms with Gasteiger partial charge in [0.2, 0.25) is 10.0 Å². The van der Waals surface area contributed by atoms with E-state index in [9.17, 15) is 13.2 Å². The first-order valence-electron chi connectivity index (χ1n) is 10.3. The summed E-state index contributed by atoms with van der Waals surface area (Å²) >= 11 is 1.31. The quantitative estimate of drug-likeness (QED) is 0.465. The third kappa shape index (κ3) is 5.03. The molecule has 0 aliphatic rings. The number of amides is 1. The number of benzene rings is 2. The lowest BCUT2D eigenvalue weighted by molar-refractivity contribution is 0.102. The number of carbonyl (C=O) groups is 1. The SMILES string of the molecule is CCCN(CCC)S(=O)(=O)c1ccc(C(=O)Nc2nc3cc(OC)c(OC)cc3s2)cc1. The number of rotatable bonds is 10. The average Bonchev–Trinajstić information content (AvgIpc) is 3.18. The van der Waals surface area contributed by atoms with Crippen LogP contribution in [0.1, 0.15) is 37.0 Å². The number of sulfonamides is 1. The summed E-state index contributed by atoms with van der Waals surface area (Å²) in [5.41, 5.74) is 1.02. The van der Waals surface area contributed by atoms with Gasteiger partial charge >= 0.3 is 0 Å². The largest absolute Gasteiger partial charge is 0.493 e. The Kier molecular flexibility index (Phi) is 7.70. The maximum Gasteiger partial charge on any atom is 0.257 e. The van der Waals surface area contributed by atoms with E-state index in [2.05, 4.69) is 10.3 Å². The van der Waals surface area contributed by atoms with Crippen molar-refractivity contribution in [3.8, 4) is 11.5 Å². The molecule has 0 saturated heterocycles. The molecule has 0 saturated carbocycles. The minimum atomic E-state index is -3.59. The predicted molar refractivity (Wildman–Crippen MR) is 126 cm³/mol. The molecule has 1 amide bonds. The number of ether oxygens (including phenoxy) is 2. The van der Waals surface area contributed by atoms with Crippen LogP contribution >= 0.6 is 11.3 Å². The van der Waals surface area contributed by atoms with Crippen molar-refractivity contribution in [3.63, 3.8) is 0 Å². The number of nitrogens with zero attached hydrogens (tertiary/aromatic N) is 2. The molecule has 0 unspecified atom stereocenters. The van der Waals surface area contributed by atoms with Crippen molar-refractivity contribution in [2.24, 2.45) is 0 Å². The lowest BCUT2D eigenvalue weighted by Gasteiger charge is -2.21. The molecule has 1 heterocycles. The van der Waals surface area contributed by atoms with Crippen LogP contribution in [0.15, 0.2) is 41.3 Å². The molecule has 3 aromatic rings. The van der Waals surface area contributed by atoms with Crippen molar-refractivity contribution in [2.45, 2.75) is 31.6 Å². The summed E-state index contributed by atoms with van der Waals surface area (Å²) in [7, 11) is -0.485. The van der Waals surface area contributed by atoms with E-state index < -0.39 is 10.0 Å². The Morgan fingerprint density at radius 3 is 2.19 bits per heavy atom. The van der Waals surface area contributed by atoms with Crippen LogP contribution in [0.2, 0.25) is 0 Å². The summed E-state index contributed by atoms with van der Waals surface area (Å²) in [4.78, 5) is 17.3. The number of nitrogens with one attached hydrogen (secondary N) is 1. The highest BCUT2D eigenvalue weighted by molar-refractivity contribution is 7.89. The average molecular weight is 478 g/mol. The molecule has 172 valence electrons. The molecule has 8 nitrogen and oxygen atoms in total. The first kappa shape index (κ1) is 24.0. The number of carbonyl (C=O) groups excluding carboxylic acids is 1. The minimum Gasteiger partial charge on any atom is -0.493 e. The second-order valence-corrected chi connectivity index (χ2v) is 10.0. The number of aromatic nitrogens is 1. The Balaban J connectivity index is 1.79. The Labute approximate surface area is 192 Å². The van der Waals surface area contributed by atoms with Crippen LogP contribution in [0, 0.1) is 0 Å². The molecule has 0 aliphatic heterocycles. The van der Waals surface area contributed by atoms with Gasteiger partial charge in [-0.25, -0.2) is 13.4 Å². The van der Waals surface area contributed by atoms with Gasteiger partial charge in [-0.15, -0.1) is 0 Å². The van der Waals surface area contributed by atoms with Crippen LogP contribution in [0.3, 0.4) is 0 Å². The molecule has 0 fully saturated rings. The van der Waals surface area contributed by atoms with Crippen molar-refractivity contribution < 1.29 is 22.7 Å². The molecule has 0 aliphatic carbocycles. The third-order valence-corrected chi connectivity index (χ3v) is 7.66. The topological polar surface area (TPSA) is 97.8 Å². The van der Waals surface area contributed by atoms with E-state index in [0.717, 1.165) is 17.5 Å². The van der Waals surface area contributed by atoms with Gasteiger partial charge in [0.1, 0.15) is 0 Å². The van der Waals surface area contributed by atoms with Crippen LogP contribution < -0.4 is 14.8 Å². The van der Waals surface area contributed by atoms with Gasteiger partial charge in [-0.2, -0.15) is 4.31 Å². The highest BCUT2D eigenvalue weighted by Gasteiger charge is 2.23. The molecule has 1 N–H and O–H groups in total. The Morgan fingerprint density at radius 2 is 1.62 bits per heavy atom. The fraction of sp³-hybridized carbons (Fsp3) is 0.364. The Morgan fingerprint density at radius 1 is 1.03 bits per heavy atom. The number of methoxy groups -OCH3 is 2. The highest BCUT2D eigenvalue weighted by atomic mass is 32.2. The maximum absolute atomic E-state index is 12.9. The van der Waals surface area contributed by atoms with Gasteiger partial charge in [0.25, 0.3) is 5.91 Å². The van der Waals surface area contributed by atoms with Gasteiger partial charge in [-0.1, -0.05) is 25.2 Å². The van der Waals surface area contributed by atoms with Crippen LogP contribution in [-0.2, 0) is 10.0 Å². The van der Waals surface area contributed by atoms with Crippen molar-refractivity contribution in [3.05, 3.63) is 42.0 Å². The summed E-state index contributed by atoms with van der Waals surface area (Å²) in [6.07, 6.45) is 1.47. The van der Waals surface area contributed by atoms with E-state index >= 15 is 0 Å². The number of hydrogen-bond donors (Lipinski definition) is 1. The number of anilines is 1. The summed E-state index contributed by atoms with van der Waals surface area (Å²) < 4.78 is 38.7. The van der Waals surface area contributed by atoms with E-state index in [1.807, 2.05) is 13.8 Å².